The van der Waals surface area contributed by atoms with Crippen LogP contribution in [0.5, 0.6) is 0 Å². The molecule has 0 aromatic rings. The number of nitrogens with zero attached hydrogens (tertiary/aromatic N) is 1. The van der Waals surface area contributed by atoms with Crippen LogP contribution >= 0.6 is 0 Å². The minimum atomic E-state index is -0.887. The number of carbonyl (C=O) groups is 1. The zero-order valence-electron chi connectivity index (χ0n) is 4.38. The molecular formula is C4H5NO3. The minimum Gasteiger partial charge on any atom is -0.448 e. The third-order valence-electron chi connectivity index (χ3n) is 0.405. The average Bonchev–Trinajstić information content (AvgIpc) is 1.68. The first-order valence-corrected chi connectivity index (χ1v) is 2.06. The number of ether oxygens (including phenoxy) is 1. The van der Waals surface area contributed by atoms with Gasteiger partial charge in [0.05, 0.1) is 6.61 Å². The molecule has 0 aromatic heterocycles. The second-order valence-electron chi connectivity index (χ2n) is 0.902. The average molecular weight is 117 g/mol. The first kappa shape index (κ1) is 6.85. The largest absolute Gasteiger partial charge is 0.448 e. The van der Waals surface area contributed by atoms with Gasteiger partial charge in [-0.25, -0.2) is 9.59 Å². The quantitative estimate of drug-likeness (QED) is 0.370. The molecular weight excluding hydrogens is 112 g/mol. The van der Waals surface area contributed by atoms with Crippen LogP contribution in [-0.2, 0) is 9.53 Å². The number of hydrogen-bond donors (Lipinski definition) is 0. The topological polar surface area (TPSA) is 55.7 Å². The zero-order valence-corrected chi connectivity index (χ0v) is 4.38. The molecule has 0 bridgehead atoms. The van der Waals surface area contributed by atoms with E-state index in [0.29, 0.717) is 0 Å². The lowest BCUT2D eigenvalue weighted by Gasteiger charge is -1.88. The van der Waals surface area contributed by atoms with Gasteiger partial charge in [0, 0.05) is 0 Å². The maximum absolute atomic E-state index is 9.99. The van der Waals surface area contributed by atoms with Crippen LogP contribution < -0.4 is 0 Å². The van der Waals surface area contributed by atoms with E-state index in [4.69, 9.17) is 0 Å². The van der Waals surface area contributed by atoms with Gasteiger partial charge in [-0.3, -0.25) is 0 Å². The van der Waals surface area contributed by atoms with E-state index in [1.807, 2.05) is 0 Å². The number of aliphatic imine (C=N–C) groups is 1. The summed E-state index contributed by atoms with van der Waals surface area (Å²) in [7, 11) is 0. The van der Waals surface area contributed by atoms with Crippen LogP contribution in [0.2, 0.25) is 0 Å². The molecule has 0 aromatic carbocycles. The summed E-state index contributed by atoms with van der Waals surface area (Å²) in [6, 6.07) is 0. The van der Waals surface area contributed by atoms with E-state index in [2.05, 4.69) is 9.73 Å². The number of amides is 1. The lowest BCUT2D eigenvalue weighted by Crippen LogP contribution is -1.95. The van der Waals surface area contributed by atoms with Crippen LogP contribution in [0.1, 0.15) is 6.92 Å². The summed E-state index contributed by atoms with van der Waals surface area (Å²) in [5.41, 5.74) is 0. The fraction of sp³-hybridized carbons (Fsp3) is 0.500. The number of carbonyl (C=O) groups excluding carboxylic acids is 2. The molecule has 0 spiro atoms. The van der Waals surface area contributed by atoms with Crippen LogP contribution in [0.15, 0.2) is 4.99 Å². The molecule has 0 unspecified atom stereocenters. The molecule has 44 valence electrons. The highest BCUT2D eigenvalue weighted by Crippen LogP contribution is 1.78. The molecule has 0 fully saturated rings. The second kappa shape index (κ2) is 4.02. The van der Waals surface area contributed by atoms with Crippen LogP contribution in [0.4, 0.5) is 4.79 Å². The van der Waals surface area contributed by atoms with Gasteiger partial charge >= 0.3 is 6.09 Å². The van der Waals surface area contributed by atoms with E-state index in [1.165, 1.54) is 0 Å². The van der Waals surface area contributed by atoms with Crippen molar-refractivity contribution in [1.82, 2.24) is 0 Å². The summed E-state index contributed by atoms with van der Waals surface area (Å²) in [6.45, 7) is 1.85. The monoisotopic (exact) mass is 117 g/mol. The van der Waals surface area contributed by atoms with E-state index >= 15 is 0 Å². The van der Waals surface area contributed by atoms with Gasteiger partial charge in [-0.15, -0.1) is 0 Å². The van der Waals surface area contributed by atoms with Gasteiger partial charge < -0.3 is 4.74 Å². The van der Waals surface area contributed by atoms with Crippen molar-refractivity contribution in [2.45, 2.75) is 6.92 Å². The Balaban J connectivity index is 3.49. The maximum Gasteiger partial charge on any atom is 0.444 e. The Bertz CT molecular complexity index is 125. The highest BCUT2D eigenvalue weighted by molar-refractivity contribution is 5.73. The molecule has 4 nitrogen and oxygen atoms in total. The van der Waals surface area contributed by atoms with Crippen LogP contribution in [0, 0.1) is 0 Å². The predicted octanol–water partition coefficient (Wildman–Crippen LogP) is 0.479. The van der Waals surface area contributed by atoms with Gasteiger partial charge in [-0.1, -0.05) is 4.99 Å². The molecule has 0 N–H and O–H groups in total. The molecule has 4 heteroatoms. The normalized spacial score (nSPS) is 7.12. The third-order valence-corrected chi connectivity index (χ3v) is 0.405. The van der Waals surface area contributed by atoms with E-state index in [9.17, 15) is 9.59 Å². The predicted molar refractivity (Wildman–Crippen MR) is 25.1 cm³/mol. The summed E-state index contributed by atoms with van der Waals surface area (Å²) >= 11 is 0. The van der Waals surface area contributed by atoms with Gasteiger partial charge in [0.15, 0.2) is 0 Å². The van der Waals surface area contributed by atoms with Crippen LogP contribution in [-0.4, -0.2) is 18.8 Å². The highest BCUT2D eigenvalue weighted by Gasteiger charge is 1.91. The lowest BCUT2D eigenvalue weighted by molar-refractivity contribution is 0.163. The van der Waals surface area contributed by atoms with Crippen molar-refractivity contribution < 1.29 is 14.3 Å². The van der Waals surface area contributed by atoms with Gasteiger partial charge in [0.2, 0.25) is 6.08 Å². The Morgan fingerprint density at radius 2 is 2.50 bits per heavy atom. The SMILES string of the molecule is CCOC(=O)N=[14C]=O. The van der Waals surface area contributed by atoms with Crippen molar-refractivity contribution in [3.63, 3.8) is 0 Å². The third kappa shape index (κ3) is 3.06. The van der Waals surface area contributed by atoms with Gasteiger partial charge in [-0.05, 0) is 6.92 Å². The van der Waals surface area contributed by atoms with Crippen molar-refractivity contribution in [2.75, 3.05) is 6.61 Å². The standard InChI is InChI=1S/C4H5NO3/c1-2-8-4(7)5-3-6/h2H2,1H3/i3+2. The summed E-state index contributed by atoms with van der Waals surface area (Å²) in [5.74, 6) is 0. The lowest BCUT2D eigenvalue weighted by atomic mass is 10.9. The van der Waals surface area contributed by atoms with Gasteiger partial charge in [0.1, 0.15) is 0 Å². The van der Waals surface area contributed by atoms with Crippen molar-refractivity contribution in [1.29, 1.82) is 0 Å². The first-order valence-electron chi connectivity index (χ1n) is 2.06. The van der Waals surface area contributed by atoms with Gasteiger partial charge in [-0.2, -0.15) is 0 Å². The molecule has 1 amide bonds. The molecule has 0 aliphatic heterocycles. The molecule has 0 atom stereocenters. The first-order chi connectivity index (χ1) is 3.81. The molecule has 0 radical (unpaired) electrons. The number of isocyanates is 1. The fourth-order valence-corrected chi connectivity index (χ4v) is 0.193. The van der Waals surface area contributed by atoms with Crippen molar-refractivity contribution in [3.8, 4) is 0 Å². The molecule has 0 rings (SSSR count). The van der Waals surface area contributed by atoms with Crippen molar-refractivity contribution in [2.24, 2.45) is 4.99 Å². The second-order valence-corrected chi connectivity index (χ2v) is 0.902. The van der Waals surface area contributed by atoms with Crippen molar-refractivity contribution in [3.05, 3.63) is 0 Å². The molecule has 8 heavy (non-hydrogen) atoms. The Labute approximate surface area is 46.2 Å². The Hall–Kier alpha value is -1.15. The molecule has 0 saturated carbocycles. The molecule has 0 aliphatic carbocycles. The summed E-state index contributed by atoms with van der Waals surface area (Å²) in [6.07, 6.45) is 0.166. The van der Waals surface area contributed by atoms with E-state index in [0.717, 1.165) is 6.08 Å². The van der Waals surface area contributed by atoms with E-state index in [-0.39, 0.29) is 6.61 Å². The molecule has 0 saturated heterocycles. The zero-order chi connectivity index (χ0) is 6.41. The Morgan fingerprint density at radius 1 is 1.88 bits per heavy atom. The smallest absolute Gasteiger partial charge is 0.444 e. The summed E-state index contributed by atoms with van der Waals surface area (Å²) in [5, 5.41) is 0. The van der Waals surface area contributed by atoms with Crippen molar-refractivity contribution >= 4 is 12.2 Å². The maximum atomic E-state index is 9.99. The summed E-state index contributed by atoms with van der Waals surface area (Å²) < 4.78 is 4.21. The van der Waals surface area contributed by atoms with E-state index < -0.39 is 6.09 Å². The number of hydrogen-bond acceptors (Lipinski definition) is 3. The molecule has 0 heterocycles. The number of rotatable bonds is 1. The Morgan fingerprint density at radius 3 is 2.88 bits per heavy atom. The fourth-order valence-electron chi connectivity index (χ4n) is 0.193. The minimum absolute atomic E-state index is 0.226. The Kier molecular flexibility index (Phi) is 3.44. The highest BCUT2D eigenvalue weighted by atomic mass is 16.5. The van der Waals surface area contributed by atoms with Crippen LogP contribution in [0.25, 0.3) is 0 Å². The van der Waals surface area contributed by atoms with Crippen LogP contribution in [0.3, 0.4) is 0 Å². The summed E-state index contributed by atoms with van der Waals surface area (Å²) in [4.78, 5) is 21.9. The van der Waals surface area contributed by atoms with Gasteiger partial charge in [0.25, 0.3) is 0 Å². The van der Waals surface area contributed by atoms with E-state index in [1.54, 1.807) is 6.92 Å². The molecule has 0 aliphatic rings.